The van der Waals surface area contributed by atoms with Crippen LogP contribution in [0, 0.1) is 6.92 Å². The number of rotatable bonds is 4. The fraction of sp³-hybridized carbons (Fsp3) is 0.0500. The van der Waals surface area contributed by atoms with Gasteiger partial charge in [0.05, 0.1) is 5.02 Å². The molecule has 0 fully saturated rings. The van der Waals surface area contributed by atoms with Crippen LogP contribution in [0.25, 0.3) is 11.1 Å². The number of carbonyl (C=O) groups is 1. The van der Waals surface area contributed by atoms with Crippen LogP contribution in [0.1, 0.15) is 17.3 Å². The average molecular weight is 347 g/mol. The number of hydrogen-bond donors (Lipinski definition) is 0. The Morgan fingerprint density at radius 1 is 0.917 bits per heavy atom. The fourth-order valence-corrected chi connectivity index (χ4v) is 4.20. The molecule has 0 spiro atoms. The van der Waals surface area contributed by atoms with Crippen molar-refractivity contribution in [3.8, 4) is 11.1 Å². The number of halogens is 1. The first-order valence-corrected chi connectivity index (χ1v) is 8.75. The minimum Gasteiger partial charge on any atom is -1.00 e. The average Bonchev–Trinajstić information content (AvgIpc) is 2.56. The molecular formula is C20H17ClLiOP. The van der Waals surface area contributed by atoms with Gasteiger partial charge in [0.1, 0.15) is 0 Å². The Labute approximate surface area is 162 Å². The van der Waals surface area contributed by atoms with Gasteiger partial charge in [-0.05, 0) is 43.6 Å². The molecule has 3 aromatic carbocycles. The second-order valence-electron chi connectivity index (χ2n) is 5.30. The SMILES string of the molecule is Cc1cccc(Cl)c1C(=O)Pc1ccccc1-c1ccccc1.[H-].[Li+]. The zero-order valence-corrected chi connectivity index (χ0v) is 15.5. The van der Waals surface area contributed by atoms with Crippen molar-refractivity contribution < 1.29 is 25.1 Å². The van der Waals surface area contributed by atoms with Gasteiger partial charge in [0.15, 0.2) is 5.52 Å². The second-order valence-corrected chi connectivity index (χ2v) is 6.95. The van der Waals surface area contributed by atoms with Crippen LogP contribution in [0.4, 0.5) is 0 Å². The number of hydrogen-bond acceptors (Lipinski definition) is 1. The van der Waals surface area contributed by atoms with Gasteiger partial charge in [0.2, 0.25) is 0 Å². The van der Waals surface area contributed by atoms with Crippen molar-refractivity contribution in [3.63, 3.8) is 0 Å². The molecule has 4 heteroatoms. The third-order valence-corrected chi connectivity index (χ3v) is 5.21. The van der Waals surface area contributed by atoms with E-state index in [9.17, 15) is 4.79 Å². The van der Waals surface area contributed by atoms with Gasteiger partial charge in [-0.1, -0.05) is 78.3 Å². The monoisotopic (exact) mass is 346 g/mol. The summed E-state index contributed by atoms with van der Waals surface area (Å²) in [5, 5.41) is 1.57. The van der Waals surface area contributed by atoms with E-state index in [1.807, 2.05) is 55.5 Å². The Bertz CT molecular complexity index is 835. The zero-order chi connectivity index (χ0) is 16.2. The van der Waals surface area contributed by atoms with Crippen LogP contribution in [-0.4, -0.2) is 5.52 Å². The van der Waals surface area contributed by atoms with Gasteiger partial charge in [-0.2, -0.15) is 0 Å². The van der Waals surface area contributed by atoms with Gasteiger partial charge < -0.3 is 1.43 Å². The molecule has 0 N–H and O–H groups in total. The van der Waals surface area contributed by atoms with Crippen LogP contribution < -0.4 is 24.2 Å². The number of benzene rings is 3. The smallest absolute Gasteiger partial charge is 1.00 e. The summed E-state index contributed by atoms with van der Waals surface area (Å²) in [5.41, 5.74) is 3.86. The molecule has 116 valence electrons. The molecular weight excluding hydrogens is 330 g/mol. The van der Waals surface area contributed by atoms with Crippen molar-refractivity contribution in [2.75, 3.05) is 0 Å². The summed E-state index contributed by atoms with van der Waals surface area (Å²) in [6.07, 6.45) is 0. The first-order chi connectivity index (χ1) is 11.2. The van der Waals surface area contributed by atoms with Crippen LogP contribution in [0.5, 0.6) is 0 Å². The topological polar surface area (TPSA) is 17.1 Å². The summed E-state index contributed by atoms with van der Waals surface area (Å²) in [6.45, 7) is 1.92. The van der Waals surface area contributed by atoms with Crippen LogP contribution >= 0.6 is 20.2 Å². The van der Waals surface area contributed by atoms with Crippen LogP contribution in [-0.2, 0) is 0 Å². The Hall–Kier alpha value is -1.35. The molecule has 0 bridgehead atoms. The van der Waals surface area contributed by atoms with E-state index in [-0.39, 0.29) is 34.4 Å². The molecule has 0 heterocycles. The second kappa shape index (κ2) is 8.66. The maximum atomic E-state index is 12.8. The first kappa shape index (κ1) is 19.0. The molecule has 3 aromatic rings. The standard InChI is InChI=1S/C20H16ClOP.Li.H/c1-14-8-7-12-17(21)19(14)20(22)23-18-13-6-5-11-16(18)15-9-3-2-4-10-15;;/h2-13,23H,1H3;;/q;+1;-1. The molecule has 0 aliphatic heterocycles. The number of aryl methyl sites for hydroxylation is 1. The van der Waals surface area contributed by atoms with Gasteiger partial charge in [-0.25, -0.2) is 0 Å². The van der Waals surface area contributed by atoms with Gasteiger partial charge in [0, 0.05) is 5.56 Å². The third kappa shape index (κ3) is 4.18. The zero-order valence-electron chi connectivity index (χ0n) is 14.7. The predicted molar refractivity (Wildman–Crippen MR) is 101 cm³/mol. The molecule has 1 unspecified atom stereocenters. The molecule has 0 aliphatic rings. The van der Waals surface area contributed by atoms with E-state index < -0.39 is 0 Å². The Morgan fingerprint density at radius 2 is 1.58 bits per heavy atom. The summed E-state index contributed by atoms with van der Waals surface area (Å²) in [7, 11) is 0.0495. The quantitative estimate of drug-likeness (QED) is 0.524. The largest absolute Gasteiger partial charge is 1.00 e. The van der Waals surface area contributed by atoms with Crippen LogP contribution in [0.3, 0.4) is 0 Å². The van der Waals surface area contributed by atoms with Gasteiger partial charge >= 0.3 is 18.9 Å². The molecule has 1 atom stereocenters. The molecule has 0 amide bonds. The van der Waals surface area contributed by atoms with Gasteiger partial charge in [-0.3, -0.25) is 4.79 Å². The molecule has 0 saturated carbocycles. The molecule has 3 rings (SSSR count). The third-order valence-electron chi connectivity index (χ3n) is 3.71. The molecule has 0 radical (unpaired) electrons. The Balaban J connectivity index is 0.00000156. The molecule has 24 heavy (non-hydrogen) atoms. The van der Waals surface area contributed by atoms with Crippen LogP contribution in [0.15, 0.2) is 72.8 Å². The van der Waals surface area contributed by atoms with Gasteiger partial charge in [0.25, 0.3) is 0 Å². The summed E-state index contributed by atoms with van der Waals surface area (Å²) < 4.78 is 0. The molecule has 1 nitrogen and oxygen atoms in total. The molecule has 0 aliphatic carbocycles. The van der Waals surface area contributed by atoms with Crippen molar-refractivity contribution >= 4 is 31.0 Å². The van der Waals surface area contributed by atoms with Crippen LogP contribution in [0.2, 0.25) is 5.02 Å². The van der Waals surface area contributed by atoms with Crippen molar-refractivity contribution in [2.45, 2.75) is 6.92 Å². The molecule has 0 aromatic heterocycles. The minimum atomic E-state index is 0. The maximum Gasteiger partial charge on any atom is 1.00 e. The van der Waals surface area contributed by atoms with Crippen molar-refractivity contribution in [2.24, 2.45) is 0 Å². The van der Waals surface area contributed by atoms with E-state index in [4.69, 9.17) is 11.6 Å². The van der Waals surface area contributed by atoms with Crippen molar-refractivity contribution in [1.82, 2.24) is 0 Å². The van der Waals surface area contributed by atoms with E-state index in [1.165, 1.54) is 0 Å². The summed E-state index contributed by atoms with van der Waals surface area (Å²) in [6, 6.07) is 23.8. The van der Waals surface area contributed by atoms with E-state index in [0.717, 1.165) is 22.0 Å². The summed E-state index contributed by atoms with van der Waals surface area (Å²) in [4.78, 5) is 12.8. The number of carbonyl (C=O) groups excluding carboxylic acids is 1. The van der Waals surface area contributed by atoms with E-state index >= 15 is 0 Å². The minimum absolute atomic E-state index is 0. The Morgan fingerprint density at radius 3 is 2.29 bits per heavy atom. The maximum absolute atomic E-state index is 12.8. The molecule has 0 saturated heterocycles. The van der Waals surface area contributed by atoms with E-state index in [1.54, 1.807) is 6.07 Å². The Kier molecular flexibility index (Phi) is 6.85. The van der Waals surface area contributed by atoms with E-state index in [2.05, 4.69) is 18.2 Å². The summed E-state index contributed by atoms with van der Waals surface area (Å²) in [5.74, 6) is 0. The van der Waals surface area contributed by atoms with E-state index in [0.29, 0.717) is 10.6 Å². The summed E-state index contributed by atoms with van der Waals surface area (Å²) >= 11 is 6.23. The van der Waals surface area contributed by atoms with Crippen molar-refractivity contribution in [3.05, 3.63) is 88.9 Å². The fourth-order valence-electron chi connectivity index (χ4n) is 2.57. The normalized spacial score (nSPS) is 10.6. The first-order valence-electron chi connectivity index (χ1n) is 7.38. The van der Waals surface area contributed by atoms with Gasteiger partial charge in [-0.15, -0.1) is 0 Å². The van der Waals surface area contributed by atoms with Crippen molar-refractivity contribution in [1.29, 1.82) is 0 Å². The predicted octanol–water partition coefficient (Wildman–Crippen LogP) is 2.58.